The first-order chi connectivity index (χ1) is 8.30. The highest BCUT2D eigenvalue weighted by Crippen LogP contribution is 2.49. The quantitative estimate of drug-likeness (QED) is 0.711. The second kappa shape index (κ2) is 5.56. The Balaban J connectivity index is 2.31. The average molecular weight is 252 g/mol. The summed E-state index contributed by atoms with van der Waals surface area (Å²) in [6.45, 7) is 18.3. The molecular formula is C12H21N4P. The zero-order valence-corrected chi connectivity index (χ0v) is 11.2. The van der Waals surface area contributed by atoms with Gasteiger partial charge in [-0.3, -0.25) is 4.90 Å². The van der Waals surface area contributed by atoms with E-state index in [-0.39, 0.29) is 0 Å². The van der Waals surface area contributed by atoms with Gasteiger partial charge in [0.25, 0.3) is 0 Å². The predicted octanol–water partition coefficient (Wildman–Crippen LogP) is 1.88. The molecule has 3 heterocycles. The van der Waals surface area contributed by atoms with Gasteiger partial charge in [0.1, 0.15) is 0 Å². The van der Waals surface area contributed by atoms with Crippen LogP contribution < -0.4 is 0 Å². The average Bonchev–Trinajstić information content (AvgIpc) is 2.29. The first kappa shape index (κ1) is 12.5. The van der Waals surface area contributed by atoms with Crippen LogP contribution in [0.25, 0.3) is 0 Å². The highest BCUT2D eigenvalue weighted by atomic mass is 31.2. The van der Waals surface area contributed by atoms with E-state index in [1.54, 1.807) is 0 Å². The Labute approximate surface area is 105 Å². The van der Waals surface area contributed by atoms with E-state index >= 15 is 0 Å². The minimum atomic E-state index is -0.549. The molecule has 0 atom stereocenters. The van der Waals surface area contributed by atoms with Gasteiger partial charge in [0.2, 0.25) is 8.37 Å². The summed E-state index contributed by atoms with van der Waals surface area (Å²) < 4.78 is 6.97. The van der Waals surface area contributed by atoms with E-state index in [1.165, 1.54) is 0 Å². The number of nitrogens with zero attached hydrogens (tertiary/aromatic N) is 4. The Morgan fingerprint density at radius 1 is 0.647 bits per heavy atom. The molecule has 3 aliphatic heterocycles. The van der Waals surface area contributed by atoms with Crippen molar-refractivity contribution >= 4 is 8.37 Å². The lowest BCUT2D eigenvalue weighted by molar-refractivity contribution is 0.205. The van der Waals surface area contributed by atoms with Crippen LogP contribution in [-0.2, 0) is 0 Å². The molecule has 0 unspecified atom stereocenters. The van der Waals surface area contributed by atoms with Gasteiger partial charge in [0, 0.05) is 39.3 Å². The third-order valence-electron chi connectivity index (χ3n) is 3.26. The fraction of sp³-hybridized carbons (Fsp3) is 0.500. The van der Waals surface area contributed by atoms with Gasteiger partial charge in [-0.1, -0.05) is 19.7 Å². The van der Waals surface area contributed by atoms with Crippen LogP contribution in [0.3, 0.4) is 0 Å². The van der Waals surface area contributed by atoms with Gasteiger partial charge in [-0.2, -0.15) is 0 Å². The maximum absolute atomic E-state index is 3.94. The van der Waals surface area contributed by atoms with Crippen LogP contribution in [0.15, 0.2) is 38.3 Å². The molecule has 94 valence electrons. The third kappa shape index (κ3) is 2.48. The Kier molecular flexibility index (Phi) is 4.08. The van der Waals surface area contributed by atoms with Crippen LogP contribution in [0.5, 0.6) is 0 Å². The highest BCUT2D eigenvalue weighted by molar-refractivity contribution is 7.50. The van der Waals surface area contributed by atoms with Crippen molar-refractivity contribution in [2.45, 2.75) is 0 Å². The summed E-state index contributed by atoms with van der Waals surface area (Å²) in [5.41, 5.74) is 0. The lowest BCUT2D eigenvalue weighted by Gasteiger charge is -2.48. The summed E-state index contributed by atoms with van der Waals surface area (Å²) in [6.07, 6.45) is 5.86. The standard InChI is InChI=1S/C12H21N4P/c1-4-14-10-7-13-8-11-15(5-2)17(14)16(6-3)12-9-13/h4-6H,1-3,7-12H2. The molecule has 3 rings (SSSR count). The number of fused-ring (bicyclic) bond motifs is 6. The van der Waals surface area contributed by atoms with Gasteiger partial charge in [0.05, 0.1) is 0 Å². The van der Waals surface area contributed by atoms with Crippen molar-refractivity contribution < 1.29 is 0 Å². The van der Waals surface area contributed by atoms with Crippen LogP contribution >= 0.6 is 8.37 Å². The van der Waals surface area contributed by atoms with Crippen molar-refractivity contribution in [1.29, 1.82) is 0 Å². The van der Waals surface area contributed by atoms with Crippen molar-refractivity contribution in [1.82, 2.24) is 18.9 Å². The molecule has 0 spiro atoms. The summed E-state index contributed by atoms with van der Waals surface area (Å²) in [4.78, 5) is 2.50. The van der Waals surface area contributed by atoms with Crippen LogP contribution in [0, 0.1) is 0 Å². The molecule has 0 aromatic heterocycles. The molecule has 3 saturated heterocycles. The molecule has 3 aliphatic rings. The Hall–Kier alpha value is -0.990. The summed E-state index contributed by atoms with van der Waals surface area (Å²) in [5.74, 6) is 0. The molecule has 2 bridgehead atoms. The summed E-state index contributed by atoms with van der Waals surface area (Å²) >= 11 is 0. The molecule has 3 fully saturated rings. The molecule has 0 radical (unpaired) electrons. The second-order valence-corrected chi connectivity index (χ2v) is 6.22. The Bertz CT molecular complexity index is 259. The van der Waals surface area contributed by atoms with Crippen molar-refractivity contribution in [3.05, 3.63) is 38.3 Å². The highest BCUT2D eigenvalue weighted by Gasteiger charge is 2.31. The minimum Gasteiger partial charge on any atom is -0.323 e. The van der Waals surface area contributed by atoms with Crippen molar-refractivity contribution in [3.63, 3.8) is 0 Å². The van der Waals surface area contributed by atoms with Crippen LogP contribution in [0.2, 0.25) is 0 Å². The number of hydrogen-bond donors (Lipinski definition) is 0. The second-order valence-electron chi connectivity index (χ2n) is 4.15. The fourth-order valence-electron chi connectivity index (χ4n) is 2.27. The van der Waals surface area contributed by atoms with Crippen molar-refractivity contribution in [2.24, 2.45) is 0 Å². The van der Waals surface area contributed by atoms with Crippen LogP contribution in [0.4, 0.5) is 0 Å². The van der Waals surface area contributed by atoms with Crippen molar-refractivity contribution in [3.8, 4) is 0 Å². The van der Waals surface area contributed by atoms with Gasteiger partial charge in [0.15, 0.2) is 0 Å². The molecule has 4 nitrogen and oxygen atoms in total. The van der Waals surface area contributed by atoms with Crippen LogP contribution in [-0.4, -0.2) is 58.2 Å². The molecule has 0 amide bonds. The van der Waals surface area contributed by atoms with Gasteiger partial charge in [-0.05, 0) is 18.6 Å². The minimum absolute atomic E-state index is 0.549. The largest absolute Gasteiger partial charge is 0.323 e. The molecular weight excluding hydrogens is 231 g/mol. The molecule has 0 aromatic carbocycles. The molecule has 5 heteroatoms. The van der Waals surface area contributed by atoms with Gasteiger partial charge < -0.3 is 14.0 Å². The normalized spacial score (nSPS) is 29.3. The number of rotatable bonds is 3. The van der Waals surface area contributed by atoms with Gasteiger partial charge in [-0.25, -0.2) is 0 Å². The zero-order chi connectivity index (χ0) is 12.3. The molecule has 0 aromatic rings. The molecule has 0 N–H and O–H groups in total. The summed E-state index contributed by atoms with van der Waals surface area (Å²) in [7, 11) is -0.549. The first-order valence-corrected chi connectivity index (χ1v) is 7.20. The Morgan fingerprint density at radius 2 is 1.00 bits per heavy atom. The monoisotopic (exact) mass is 252 g/mol. The van der Waals surface area contributed by atoms with E-state index in [2.05, 4.69) is 38.6 Å². The molecule has 17 heavy (non-hydrogen) atoms. The van der Waals surface area contributed by atoms with E-state index in [4.69, 9.17) is 0 Å². The van der Waals surface area contributed by atoms with Gasteiger partial charge in [-0.15, -0.1) is 0 Å². The zero-order valence-electron chi connectivity index (χ0n) is 10.3. The lowest BCUT2D eigenvalue weighted by atomic mass is 10.4. The summed E-state index contributed by atoms with van der Waals surface area (Å²) in [5, 5.41) is 0. The van der Waals surface area contributed by atoms with Crippen LogP contribution in [0.1, 0.15) is 0 Å². The lowest BCUT2D eigenvalue weighted by Crippen LogP contribution is -2.48. The predicted molar refractivity (Wildman–Crippen MR) is 74.1 cm³/mol. The van der Waals surface area contributed by atoms with Crippen molar-refractivity contribution in [2.75, 3.05) is 39.3 Å². The third-order valence-corrected chi connectivity index (χ3v) is 5.73. The molecule has 0 aliphatic carbocycles. The summed E-state index contributed by atoms with van der Waals surface area (Å²) in [6, 6.07) is 0. The van der Waals surface area contributed by atoms with E-state index in [0.717, 1.165) is 39.3 Å². The van der Waals surface area contributed by atoms with E-state index in [1.807, 2.05) is 18.6 Å². The Morgan fingerprint density at radius 3 is 1.29 bits per heavy atom. The first-order valence-electron chi connectivity index (χ1n) is 6.00. The fourth-order valence-corrected chi connectivity index (χ4v) is 4.40. The van der Waals surface area contributed by atoms with E-state index < -0.39 is 8.37 Å². The topological polar surface area (TPSA) is 13.0 Å². The number of hydrogen-bond acceptors (Lipinski definition) is 4. The maximum Gasteiger partial charge on any atom is 0.206 e. The van der Waals surface area contributed by atoms with E-state index in [0.29, 0.717) is 0 Å². The van der Waals surface area contributed by atoms with E-state index in [9.17, 15) is 0 Å². The maximum atomic E-state index is 3.94. The molecule has 0 saturated carbocycles. The SMILES string of the molecule is C=CN1CCN2CCN(C=C)P1N(C=C)CC2. The van der Waals surface area contributed by atoms with Gasteiger partial charge >= 0.3 is 0 Å². The smallest absolute Gasteiger partial charge is 0.206 e.